The number of carbonyl (C=O) groups is 2. The molecule has 1 amide bonds. The molecular formula is C20H17N3O4. The number of hydrazone groups is 1. The first kappa shape index (κ1) is 18.1. The summed E-state index contributed by atoms with van der Waals surface area (Å²) in [6, 6.07) is 13.6. The van der Waals surface area contributed by atoms with E-state index in [-0.39, 0.29) is 11.9 Å². The van der Waals surface area contributed by atoms with Crippen LogP contribution in [0.15, 0.2) is 70.4 Å². The number of aromatic nitrogens is 1. The molecule has 1 N–H and O–H groups in total. The maximum absolute atomic E-state index is 11.9. The molecule has 27 heavy (non-hydrogen) atoms. The summed E-state index contributed by atoms with van der Waals surface area (Å²) >= 11 is 0. The van der Waals surface area contributed by atoms with E-state index in [0.29, 0.717) is 29.3 Å². The number of esters is 1. The number of nitrogens with zero attached hydrogens (tertiary/aromatic N) is 2. The van der Waals surface area contributed by atoms with Gasteiger partial charge in [-0.25, -0.2) is 10.2 Å². The normalized spacial score (nSPS) is 10.7. The van der Waals surface area contributed by atoms with Gasteiger partial charge in [0.1, 0.15) is 11.5 Å². The molecule has 7 nitrogen and oxygen atoms in total. The zero-order valence-electron chi connectivity index (χ0n) is 14.6. The zero-order valence-corrected chi connectivity index (χ0v) is 14.6. The second-order valence-electron chi connectivity index (χ2n) is 5.44. The first-order chi connectivity index (χ1) is 13.2. The molecule has 0 fully saturated rings. The molecular weight excluding hydrogens is 346 g/mol. The molecule has 0 saturated carbocycles. The minimum Gasteiger partial charge on any atom is -0.462 e. The van der Waals surface area contributed by atoms with Crippen molar-refractivity contribution in [2.45, 2.75) is 6.92 Å². The monoisotopic (exact) mass is 363 g/mol. The first-order valence-electron chi connectivity index (χ1n) is 8.28. The van der Waals surface area contributed by atoms with Crippen molar-refractivity contribution in [3.63, 3.8) is 0 Å². The van der Waals surface area contributed by atoms with Crippen molar-refractivity contribution < 1.29 is 18.7 Å². The van der Waals surface area contributed by atoms with E-state index in [1.165, 1.54) is 18.6 Å². The Hall–Kier alpha value is -3.74. The SMILES string of the molecule is CCOC(=O)c1cccc(-c2ccc(/C=N\NC(=O)c3ccncc3)o2)c1. The summed E-state index contributed by atoms with van der Waals surface area (Å²) in [5.41, 5.74) is 4.06. The number of amides is 1. The number of benzene rings is 1. The van der Waals surface area contributed by atoms with Crippen molar-refractivity contribution in [1.82, 2.24) is 10.4 Å². The van der Waals surface area contributed by atoms with Gasteiger partial charge in [-0.05, 0) is 43.3 Å². The third-order valence-electron chi connectivity index (χ3n) is 3.59. The third kappa shape index (κ3) is 4.66. The fourth-order valence-electron chi connectivity index (χ4n) is 2.31. The third-order valence-corrected chi connectivity index (χ3v) is 3.59. The number of hydrogen-bond donors (Lipinski definition) is 1. The number of hydrogen-bond acceptors (Lipinski definition) is 6. The van der Waals surface area contributed by atoms with E-state index < -0.39 is 0 Å². The van der Waals surface area contributed by atoms with E-state index in [9.17, 15) is 9.59 Å². The van der Waals surface area contributed by atoms with Gasteiger partial charge in [-0.3, -0.25) is 9.78 Å². The summed E-state index contributed by atoms with van der Waals surface area (Å²) in [7, 11) is 0. The Balaban J connectivity index is 1.67. The highest BCUT2D eigenvalue weighted by Gasteiger charge is 2.10. The Bertz CT molecular complexity index is 964. The number of carbonyl (C=O) groups excluding carboxylic acids is 2. The van der Waals surface area contributed by atoms with Crippen LogP contribution in [0.4, 0.5) is 0 Å². The van der Waals surface area contributed by atoms with Crippen molar-refractivity contribution >= 4 is 18.1 Å². The van der Waals surface area contributed by atoms with Crippen LogP contribution in [0.25, 0.3) is 11.3 Å². The minimum absolute atomic E-state index is 0.315. The van der Waals surface area contributed by atoms with Crippen LogP contribution in [-0.2, 0) is 4.74 Å². The lowest BCUT2D eigenvalue weighted by Crippen LogP contribution is -2.17. The van der Waals surface area contributed by atoms with Gasteiger partial charge in [0.2, 0.25) is 0 Å². The van der Waals surface area contributed by atoms with E-state index in [2.05, 4.69) is 15.5 Å². The van der Waals surface area contributed by atoms with Crippen molar-refractivity contribution in [2.24, 2.45) is 5.10 Å². The van der Waals surface area contributed by atoms with Gasteiger partial charge in [0, 0.05) is 23.5 Å². The number of furan rings is 1. The highest BCUT2D eigenvalue weighted by atomic mass is 16.5. The molecule has 3 rings (SSSR count). The second kappa shape index (κ2) is 8.57. The quantitative estimate of drug-likeness (QED) is 0.412. The molecule has 0 aliphatic carbocycles. The molecule has 7 heteroatoms. The summed E-state index contributed by atoms with van der Waals surface area (Å²) in [5.74, 6) is 0.304. The summed E-state index contributed by atoms with van der Waals surface area (Å²) in [6.07, 6.45) is 4.46. The Morgan fingerprint density at radius 2 is 1.96 bits per heavy atom. The molecule has 2 heterocycles. The number of rotatable bonds is 6. The first-order valence-corrected chi connectivity index (χ1v) is 8.28. The molecule has 3 aromatic rings. The van der Waals surface area contributed by atoms with Crippen LogP contribution >= 0.6 is 0 Å². The van der Waals surface area contributed by atoms with Gasteiger partial charge >= 0.3 is 5.97 Å². The van der Waals surface area contributed by atoms with E-state index in [4.69, 9.17) is 9.15 Å². The molecule has 0 bridgehead atoms. The topological polar surface area (TPSA) is 93.8 Å². The van der Waals surface area contributed by atoms with E-state index in [1.54, 1.807) is 49.4 Å². The van der Waals surface area contributed by atoms with Crippen LogP contribution in [0, 0.1) is 0 Å². The number of ether oxygens (including phenoxy) is 1. The smallest absolute Gasteiger partial charge is 0.338 e. The molecule has 2 aromatic heterocycles. The van der Waals surface area contributed by atoms with Crippen molar-refractivity contribution in [2.75, 3.05) is 6.61 Å². The van der Waals surface area contributed by atoms with Gasteiger partial charge in [0.25, 0.3) is 5.91 Å². The van der Waals surface area contributed by atoms with Gasteiger partial charge in [-0.1, -0.05) is 12.1 Å². The van der Waals surface area contributed by atoms with Crippen LogP contribution in [0.3, 0.4) is 0 Å². The average Bonchev–Trinajstić information content (AvgIpc) is 3.18. The Morgan fingerprint density at radius 3 is 2.74 bits per heavy atom. The molecule has 0 aliphatic rings. The summed E-state index contributed by atoms with van der Waals surface area (Å²) in [4.78, 5) is 27.6. The van der Waals surface area contributed by atoms with Crippen LogP contribution in [-0.4, -0.2) is 29.7 Å². The summed E-state index contributed by atoms with van der Waals surface area (Å²) in [5, 5.41) is 3.88. The Labute approximate surface area is 155 Å². The lowest BCUT2D eigenvalue weighted by Gasteiger charge is -2.03. The molecule has 0 radical (unpaired) electrons. The van der Waals surface area contributed by atoms with Crippen LogP contribution in [0.5, 0.6) is 0 Å². The van der Waals surface area contributed by atoms with Gasteiger partial charge in [0.15, 0.2) is 0 Å². The average molecular weight is 363 g/mol. The molecule has 0 saturated heterocycles. The van der Waals surface area contributed by atoms with Crippen molar-refractivity contribution in [3.8, 4) is 11.3 Å². The zero-order chi connectivity index (χ0) is 19.1. The fourth-order valence-corrected chi connectivity index (χ4v) is 2.31. The van der Waals surface area contributed by atoms with Gasteiger partial charge in [-0.15, -0.1) is 0 Å². The van der Waals surface area contributed by atoms with E-state index >= 15 is 0 Å². The van der Waals surface area contributed by atoms with Gasteiger partial charge in [0.05, 0.1) is 18.4 Å². The molecule has 1 aromatic carbocycles. The minimum atomic E-state index is -0.383. The number of pyridine rings is 1. The Kier molecular flexibility index (Phi) is 5.73. The standard InChI is InChI=1S/C20H17N3O4/c1-2-26-20(25)16-5-3-4-15(12-16)18-7-6-17(27-18)13-22-23-19(24)14-8-10-21-11-9-14/h3-13H,2H2,1H3,(H,23,24)/b22-13-. The molecule has 0 unspecified atom stereocenters. The van der Waals surface area contributed by atoms with E-state index in [0.717, 1.165) is 5.56 Å². The van der Waals surface area contributed by atoms with Crippen molar-refractivity contribution in [3.05, 3.63) is 77.8 Å². The fraction of sp³-hybridized carbons (Fsp3) is 0.100. The predicted molar refractivity (Wildman–Crippen MR) is 99.4 cm³/mol. The maximum atomic E-state index is 11.9. The Morgan fingerprint density at radius 1 is 1.15 bits per heavy atom. The highest BCUT2D eigenvalue weighted by molar-refractivity contribution is 5.94. The predicted octanol–water partition coefficient (Wildman–Crippen LogP) is 3.28. The van der Waals surface area contributed by atoms with E-state index in [1.807, 2.05) is 6.07 Å². The van der Waals surface area contributed by atoms with Crippen LogP contribution in [0.2, 0.25) is 0 Å². The maximum Gasteiger partial charge on any atom is 0.338 e. The van der Waals surface area contributed by atoms with Crippen molar-refractivity contribution in [1.29, 1.82) is 0 Å². The highest BCUT2D eigenvalue weighted by Crippen LogP contribution is 2.23. The van der Waals surface area contributed by atoms with Gasteiger partial charge in [-0.2, -0.15) is 5.10 Å². The van der Waals surface area contributed by atoms with Gasteiger partial charge < -0.3 is 9.15 Å². The number of nitrogens with one attached hydrogen (secondary N) is 1. The summed E-state index contributed by atoms with van der Waals surface area (Å²) < 4.78 is 10.7. The molecule has 0 aliphatic heterocycles. The molecule has 0 spiro atoms. The second-order valence-corrected chi connectivity index (χ2v) is 5.44. The van der Waals surface area contributed by atoms with Crippen LogP contribution < -0.4 is 5.43 Å². The lowest BCUT2D eigenvalue weighted by molar-refractivity contribution is 0.0526. The molecule has 0 atom stereocenters. The largest absolute Gasteiger partial charge is 0.462 e. The van der Waals surface area contributed by atoms with Crippen LogP contribution in [0.1, 0.15) is 33.4 Å². The lowest BCUT2D eigenvalue weighted by atomic mass is 10.1. The molecule has 136 valence electrons. The summed E-state index contributed by atoms with van der Waals surface area (Å²) in [6.45, 7) is 2.07.